The minimum absolute atomic E-state index is 0.149. The first-order chi connectivity index (χ1) is 13.9. The molecule has 1 aliphatic heterocycles. The number of anilines is 2. The number of hydrogen-bond donors (Lipinski definition) is 2. The van der Waals surface area contributed by atoms with E-state index >= 15 is 0 Å². The van der Waals surface area contributed by atoms with Crippen LogP contribution >= 0.6 is 0 Å². The maximum Gasteiger partial charge on any atom is 0.270 e. The lowest BCUT2D eigenvalue weighted by atomic mass is 9.96. The highest BCUT2D eigenvalue weighted by molar-refractivity contribution is 6.01. The van der Waals surface area contributed by atoms with Crippen molar-refractivity contribution in [3.05, 3.63) is 57.8 Å². The van der Waals surface area contributed by atoms with Gasteiger partial charge in [0.05, 0.1) is 16.4 Å². The second-order valence-electron chi connectivity index (χ2n) is 6.99. The Hall–Kier alpha value is -3.49. The van der Waals surface area contributed by atoms with Crippen LogP contribution in [0.2, 0.25) is 0 Å². The highest BCUT2D eigenvalue weighted by atomic mass is 16.6. The Bertz CT molecular complexity index is 946. The molecule has 0 spiro atoms. The van der Waals surface area contributed by atoms with Crippen molar-refractivity contribution in [3.8, 4) is 0 Å². The van der Waals surface area contributed by atoms with E-state index in [1.54, 1.807) is 24.2 Å². The zero-order valence-electron chi connectivity index (χ0n) is 16.3. The fraction of sp³-hybridized carbons (Fsp3) is 0.350. The van der Waals surface area contributed by atoms with Crippen LogP contribution < -0.4 is 10.6 Å². The Morgan fingerprint density at radius 3 is 2.79 bits per heavy atom. The molecular weight excluding hydrogens is 374 g/mol. The van der Waals surface area contributed by atoms with E-state index in [-0.39, 0.29) is 35.5 Å². The Morgan fingerprint density at radius 1 is 1.31 bits per heavy atom. The van der Waals surface area contributed by atoms with E-state index in [9.17, 15) is 19.7 Å². The third-order valence-electron chi connectivity index (χ3n) is 5.04. The molecule has 1 aromatic heterocycles. The number of hydrogen-bond acceptors (Lipinski definition) is 6. The van der Waals surface area contributed by atoms with Gasteiger partial charge in [-0.15, -0.1) is 0 Å². The maximum absolute atomic E-state index is 13.1. The Morgan fingerprint density at radius 2 is 2.10 bits per heavy atom. The van der Waals surface area contributed by atoms with Gasteiger partial charge >= 0.3 is 0 Å². The number of likely N-dealkylation sites (tertiary alicyclic amines) is 1. The number of amides is 2. The number of nitro benzene ring substituents is 1. The Kier molecular flexibility index (Phi) is 6.06. The van der Waals surface area contributed by atoms with E-state index in [0.717, 1.165) is 5.56 Å². The van der Waals surface area contributed by atoms with E-state index in [1.165, 1.54) is 18.2 Å². The number of aromatic nitrogens is 1. The Balaban J connectivity index is 1.76. The van der Waals surface area contributed by atoms with Gasteiger partial charge in [0.2, 0.25) is 5.91 Å². The summed E-state index contributed by atoms with van der Waals surface area (Å²) in [5.74, 6) is -0.371. The number of carbonyl (C=O) groups is 2. The van der Waals surface area contributed by atoms with Crippen molar-refractivity contribution in [3.63, 3.8) is 0 Å². The molecule has 152 valence electrons. The molecule has 0 saturated carbocycles. The molecule has 1 fully saturated rings. The summed E-state index contributed by atoms with van der Waals surface area (Å²) < 4.78 is 0. The molecule has 1 aromatic carbocycles. The largest absolute Gasteiger partial charge is 0.387 e. The minimum Gasteiger partial charge on any atom is -0.387 e. The predicted molar refractivity (Wildman–Crippen MR) is 109 cm³/mol. The van der Waals surface area contributed by atoms with Crippen LogP contribution in [-0.2, 0) is 4.79 Å². The van der Waals surface area contributed by atoms with Crippen molar-refractivity contribution in [2.75, 3.05) is 30.8 Å². The van der Waals surface area contributed by atoms with Crippen LogP contribution in [0.5, 0.6) is 0 Å². The van der Waals surface area contributed by atoms with Gasteiger partial charge in [0.25, 0.3) is 11.6 Å². The maximum atomic E-state index is 13.1. The van der Waals surface area contributed by atoms with Gasteiger partial charge in [0.15, 0.2) is 0 Å². The molecule has 1 saturated heterocycles. The summed E-state index contributed by atoms with van der Waals surface area (Å²) in [6.07, 6.45) is 2.95. The van der Waals surface area contributed by atoms with E-state index in [2.05, 4.69) is 15.6 Å². The van der Waals surface area contributed by atoms with Crippen LogP contribution in [0.3, 0.4) is 0 Å². The summed E-state index contributed by atoms with van der Waals surface area (Å²) in [6, 6.07) is 7.80. The first kappa shape index (κ1) is 20.2. The van der Waals surface area contributed by atoms with Crippen molar-refractivity contribution >= 4 is 29.0 Å². The summed E-state index contributed by atoms with van der Waals surface area (Å²) >= 11 is 0. The lowest BCUT2D eigenvalue weighted by molar-refractivity contribution is -0.384. The van der Waals surface area contributed by atoms with Crippen LogP contribution in [0.4, 0.5) is 17.2 Å². The standard InChI is InChI=1S/C20H23N5O4/c1-13-5-3-9-22-18(13)23-19(26)14-6-4-10-24(12-14)20(27)16-11-15(25(28)29)7-8-17(16)21-2/h3,5,7-9,11,14,21H,4,6,10,12H2,1-2H3,(H,22,23,26). The number of rotatable bonds is 5. The molecule has 1 atom stereocenters. The van der Waals surface area contributed by atoms with Gasteiger partial charge in [-0.05, 0) is 37.5 Å². The van der Waals surface area contributed by atoms with E-state index in [4.69, 9.17) is 0 Å². The number of carbonyl (C=O) groups excluding carboxylic acids is 2. The molecule has 2 amide bonds. The zero-order chi connectivity index (χ0) is 21.0. The highest BCUT2D eigenvalue weighted by Gasteiger charge is 2.30. The summed E-state index contributed by atoms with van der Waals surface area (Å²) in [7, 11) is 1.65. The first-order valence-electron chi connectivity index (χ1n) is 9.38. The topological polar surface area (TPSA) is 117 Å². The highest BCUT2D eigenvalue weighted by Crippen LogP contribution is 2.26. The van der Waals surface area contributed by atoms with Gasteiger partial charge in [-0.2, -0.15) is 0 Å². The number of aryl methyl sites for hydroxylation is 1. The average molecular weight is 397 g/mol. The molecule has 0 bridgehead atoms. The van der Waals surface area contributed by atoms with Gasteiger partial charge in [-0.1, -0.05) is 6.07 Å². The third-order valence-corrected chi connectivity index (χ3v) is 5.04. The molecule has 3 rings (SSSR count). The average Bonchev–Trinajstić information content (AvgIpc) is 2.74. The molecule has 9 heteroatoms. The number of nitrogens with one attached hydrogen (secondary N) is 2. The fourth-order valence-corrected chi connectivity index (χ4v) is 3.42. The molecule has 1 unspecified atom stereocenters. The summed E-state index contributed by atoms with van der Waals surface area (Å²) in [4.78, 5) is 42.1. The van der Waals surface area contributed by atoms with Crippen molar-refractivity contribution < 1.29 is 14.5 Å². The lowest BCUT2D eigenvalue weighted by Crippen LogP contribution is -2.44. The van der Waals surface area contributed by atoms with E-state index < -0.39 is 4.92 Å². The number of piperidine rings is 1. The van der Waals surface area contributed by atoms with Crippen molar-refractivity contribution in [2.24, 2.45) is 5.92 Å². The molecule has 1 aliphatic rings. The summed E-state index contributed by atoms with van der Waals surface area (Å²) in [5, 5.41) is 16.8. The van der Waals surface area contributed by atoms with Gasteiger partial charge in [0.1, 0.15) is 5.82 Å². The lowest BCUT2D eigenvalue weighted by Gasteiger charge is -2.32. The van der Waals surface area contributed by atoms with Crippen LogP contribution in [0.15, 0.2) is 36.5 Å². The fourth-order valence-electron chi connectivity index (χ4n) is 3.42. The second kappa shape index (κ2) is 8.68. The number of pyridine rings is 1. The zero-order valence-corrected chi connectivity index (χ0v) is 16.3. The Labute approximate surface area is 168 Å². The normalized spacial score (nSPS) is 16.2. The minimum atomic E-state index is -0.530. The number of benzene rings is 1. The molecule has 2 heterocycles. The number of nitrogens with zero attached hydrogens (tertiary/aromatic N) is 3. The van der Waals surface area contributed by atoms with Crippen molar-refractivity contribution in [2.45, 2.75) is 19.8 Å². The van der Waals surface area contributed by atoms with Crippen molar-refractivity contribution in [1.29, 1.82) is 0 Å². The van der Waals surface area contributed by atoms with E-state index in [0.29, 0.717) is 30.9 Å². The van der Waals surface area contributed by atoms with Gasteiger partial charge in [0, 0.05) is 44.2 Å². The molecule has 2 N–H and O–H groups in total. The monoisotopic (exact) mass is 397 g/mol. The van der Waals surface area contributed by atoms with Gasteiger partial charge < -0.3 is 15.5 Å². The van der Waals surface area contributed by atoms with Gasteiger partial charge in [-0.3, -0.25) is 19.7 Å². The van der Waals surface area contributed by atoms with Crippen LogP contribution in [0.1, 0.15) is 28.8 Å². The second-order valence-corrected chi connectivity index (χ2v) is 6.99. The van der Waals surface area contributed by atoms with Crippen molar-refractivity contribution in [1.82, 2.24) is 9.88 Å². The smallest absolute Gasteiger partial charge is 0.270 e. The number of non-ortho nitro benzene ring substituents is 1. The van der Waals surface area contributed by atoms with Crippen LogP contribution in [0.25, 0.3) is 0 Å². The predicted octanol–water partition coefficient (Wildman–Crippen LogP) is 2.83. The van der Waals surface area contributed by atoms with E-state index in [1.807, 2.05) is 13.0 Å². The molecule has 9 nitrogen and oxygen atoms in total. The molecule has 29 heavy (non-hydrogen) atoms. The van der Waals surface area contributed by atoms with Crippen LogP contribution in [0, 0.1) is 23.0 Å². The molecule has 2 aromatic rings. The third kappa shape index (κ3) is 4.50. The van der Waals surface area contributed by atoms with Gasteiger partial charge in [-0.25, -0.2) is 4.98 Å². The number of nitro groups is 1. The SMILES string of the molecule is CNc1ccc([N+](=O)[O-])cc1C(=O)N1CCCC(C(=O)Nc2ncccc2C)C1. The molecular formula is C20H23N5O4. The summed E-state index contributed by atoms with van der Waals surface area (Å²) in [5.41, 5.74) is 1.45. The molecule has 0 aliphatic carbocycles. The quantitative estimate of drug-likeness (QED) is 0.592. The van der Waals surface area contributed by atoms with Crippen LogP contribution in [-0.4, -0.2) is 46.8 Å². The molecule has 0 radical (unpaired) electrons. The summed E-state index contributed by atoms with van der Waals surface area (Å²) in [6.45, 7) is 2.61. The first-order valence-corrected chi connectivity index (χ1v) is 9.38.